The molecule has 0 unspecified atom stereocenters. The van der Waals surface area contributed by atoms with Crippen LogP contribution in [-0.2, 0) is 17.9 Å². The summed E-state index contributed by atoms with van der Waals surface area (Å²) in [6, 6.07) is 12.2. The molecule has 13 nitrogen and oxygen atoms in total. The molecule has 14 heteroatoms. The number of thiophene rings is 1. The lowest BCUT2D eigenvalue weighted by Crippen LogP contribution is -2.36. The predicted molar refractivity (Wildman–Crippen MR) is 156 cm³/mol. The molecule has 5 heterocycles. The molecular formula is C28H27N9O4S. The molecule has 0 radical (unpaired) electrons. The van der Waals surface area contributed by atoms with E-state index in [0.717, 1.165) is 39.6 Å². The fraction of sp³-hybridized carbons (Fsp3) is 0.250. The van der Waals surface area contributed by atoms with Gasteiger partial charge >= 0.3 is 6.01 Å². The van der Waals surface area contributed by atoms with Crippen LogP contribution < -0.4 is 20.0 Å². The van der Waals surface area contributed by atoms with E-state index in [1.54, 1.807) is 29.2 Å². The smallest absolute Gasteiger partial charge is 0.316 e. The average molecular weight is 586 g/mol. The number of hydroxylamine groups is 1. The largest absolute Gasteiger partial charge is 0.459 e. The van der Waals surface area contributed by atoms with Crippen LogP contribution in [0.3, 0.4) is 0 Å². The molecule has 1 aromatic carbocycles. The quantitative estimate of drug-likeness (QED) is 0.193. The molecule has 0 aliphatic carbocycles. The Labute approximate surface area is 244 Å². The van der Waals surface area contributed by atoms with Crippen molar-refractivity contribution in [2.45, 2.75) is 13.2 Å². The molecule has 1 aliphatic rings. The monoisotopic (exact) mass is 585 g/mol. The number of rotatable bonds is 9. The molecule has 214 valence electrons. The summed E-state index contributed by atoms with van der Waals surface area (Å²) in [4.78, 5) is 43.8. The van der Waals surface area contributed by atoms with Gasteiger partial charge in [-0.1, -0.05) is 30.3 Å². The number of hydrogen-bond donors (Lipinski definition) is 2. The van der Waals surface area contributed by atoms with Gasteiger partial charge in [-0.3, -0.25) is 10.0 Å². The fourth-order valence-corrected chi connectivity index (χ4v) is 5.56. The standard InChI is InChI=1S/C28H27N9O4S/c1-36(27-29-14-20(15-30-27)26(38)35-39)16-21-11-22-23(42-21)25(37-7-9-40-10-8-37)34-24(33-22)19-12-31-28(32-13-19)41-17-18-5-3-2-4-6-18/h2-6,11-15,39H,7-10,16-17H2,1H3,(H,35,38). The van der Waals surface area contributed by atoms with Crippen LogP contribution in [0.25, 0.3) is 21.6 Å². The number of hydrogen-bond acceptors (Lipinski definition) is 13. The fourth-order valence-electron chi connectivity index (χ4n) is 4.39. The number of aromatic nitrogens is 6. The summed E-state index contributed by atoms with van der Waals surface area (Å²) in [5, 5.41) is 8.81. The molecule has 0 atom stereocenters. The van der Waals surface area contributed by atoms with Crippen LogP contribution in [0.15, 0.2) is 61.2 Å². The summed E-state index contributed by atoms with van der Waals surface area (Å²) in [5.41, 5.74) is 4.27. The Balaban J connectivity index is 1.26. The van der Waals surface area contributed by atoms with Gasteiger partial charge in [-0.2, -0.15) is 0 Å². The summed E-state index contributed by atoms with van der Waals surface area (Å²) >= 11 is 1.61. The van der Waals surface area contributed by atoms with Gasteiger partial charge in [0.1, 0.15) is 6.61 Å². The Bertz CT molecular complexity index is 1660. The maximum atomic E-state index is 11.6. The van der Waals surface area contributed by atoms with Crippen LogP contribution in [-0.4, -0.2) is 74.4 Å². The number of nitrogens with zero attached hydrogens (tertiary/aromatic N) is 8. The first-order valence-electron chi connectivity index (χ1n) is 13.2. The minimum Gasteiger partial charge on any atom is -0.459 e. The molecule has 42 heavy (non-hydrogen) atoms. The number of benzene rings is 1. The maximum Gasteiger partial charge on any atom is 0.316 e. The third-order valence-electron chi connectivity index (χ3n) is 6.55. The SMILES string of the molecule is CN(Cc1cc2nc(-c3cnc(OCc4ccccc4)nc3)nc(N3CCOCC3)c2s1)c1ncc(C(=O)NO)cn1. The van der Waals surface area contributed by atoms with Crippen molar-refractivity contribution in [3.63, 3.8) is 0 Å². The predicted octanol–water partition coefficient (Wildman–Crippen LogP) is 3.11. The summed E-state index contributed by atoms with van der Waals surface area (Å²) < 4.78 is 12.3. The van der Waals surface area contributed by atoms with Gasteiger partial charge in [-0.25, -0.2) is 35.4 Å². The van der Waals surface area contributed by atoms with E-state index in [9.17, 15) is 4.79 Å². The van der Waals surface area contributed by atoms with E-state index in [-0.39, 0.29) is 11.6 Å². The molecule has 0 bridgehead atoms. The lowest BCUT2D eigenvalue weighted by molar-refractivity contribution is 0.0705. The van der Waals surface area contributed by atoms with Crippen LogP contribution >= 0.6 is 11.3 Å². The van der Waals surface area contributed by atoms with E-state index in [1.165, 1.54) is 12.4 Å². The van der Waals surface area contributed by atoms with Crippen LogP contribution in [0.2, 0.25) is 0 Å². The van der Waals surface area contributed by atoms with Crippen molar-refractivity contribution < 1.29 is 19.5 Å². The highest BCUT2D eigenvalue weighted by Crippen LogP contribution is 2.35. The summed E-state index contributed by atoms with van der Waals surface area (Å²) in [6.07, 6.45) is 6.08. The van der Waals surface area contributed by atoms with Gasteiger partial charge in [-0.15, -0.1) is 11.3 Å². The number of morpholine rings is 1. The van der Waals surface area contributed by atoms with E-state index in [1.807, 2.05) is 48.3 Å². The third-order valence-corrected chi connectivity index (χ3v) is 7.65. The second kappa shape index (κ2) is 12.4. The van der Waals surface area contributed by atoms with Crippen molar-refractivity contribution in [3.8, 4) is 17.4 Å². The minimum absolute atomic E-state index is 0.161. The van der Waals surface area contributed by atoms with E-state index >= 15 is 0 Å². The van der Waals surface area contributed by atoms with Crippen molar-refractivity contribution in [2.75, 3.05) is 43.2 Å². The molecule has 4 aromatic heterocycles. The number of fused-ring (bicyclic) bond motifs is 1. The van der Waals surface area contributed by atoms with Crippen LogP contribution in [0.1, 0.15) is 20.8 Å². The second-order valence-electron chi connectivity index (χ2n) is 9.49. The zero-order valence-electron chi connectivity index (χ0n) is 22.7. The molecule has 1 saturated heterocycles. The van der Waals surface area contributed by atoms with Crippen molar-refractivity contribution in [1.29, 1.82) is 0 Å². The Morgan fingerprint density at radius 3 is 2.52 bits per heavy atom. The lowest BCUT2D eigenvalue weighted by atomic mass is 10.2. The molecule has 2 N–H and O–H groups in total. The van der Waals surface area contributed by atoms with Gasteiger partial charge in [0, 0.05) is 49.8 Å². The molecule has 1 amide bonds. The van der Waals surface area contributed by atoms with Crippen LogP contribution in [0.5, 0.6) is 6.01 Å². The number of carbonyl (C=O) groups excluding carboxylic acids is 1. The number of amides is 1. The number of carbonyl (C=O) groups is 1. The second-order valence-corrected chi connectivity index (χ2v) is 10.6. The Kier molecular flexibility index (Phi) is 8.07. The zero-order valence-corrected chi connectivity index (χ0v) is 23.5. The molecular weight excluding hydrogens is 558 g/mol. The van der Waals surface area contributed by atoms with Gasteiger partial charge in [0.25, 0.3) is 5.91 Å². The number of nitrogens with one attached hydrogen (secondary N) is 1. The first-order valence-corrected chi connectivity index (χ1v) is 14.0. The number of ether oxygens (including phenoxy) is 2. The first kappa shape index (κ1) is 27.4. The summed E-state index contributed by atoms with van der Waals surface area (Å²) in [5.74, 6) is 1.14. The Hall–Kier alpha value is -4.79. The van der Waals surface area contributed by atoms with Gasteiger partial charge in [0.15, 0.2) is 11.6 Å². The van der Waals surface area contributed by atoms with Gasteiger partial charge < -0.3 is 19.3 Å². The van der Waals surface area contributed by atoms with Crippen molar-refractivity contribution in [2.24, 2.45) is 0 Å². The zero-order chi connectivity index (χ0) is 28.9. The molecule has 6 rings (SSSR count). The van der Waals surface area contributed by atoms with Gasteiger partial charge in [-0.05, 0) is 11.6 Å². The van der Waals surface area contributed by atoms with E-state index in [4.69, 9.17) is 24.6 Å². The average Bonchev–Trinajstić information content (AvgIpc) is 3.46. The highest BCUT2D eigenvalue weighted by molar-refractivity contribution is 7.19. The van der Waals surface area contributed by atoms with Crippen molar-refractivity contribution in [1.82, 2.24) is 35.4 Å². The topological polar surface area (TPSA) is 152 Å². The Morgan fingerprint density at radius 1 is 1.07 bits per heavy atom. The third kappa shape index (κ3) is 6.10. The maximum absolute atomic E-state index is 11.6. The molecule has 5 aromatic rings. The van der Waals surface area contributed by atoms with E-state index in [2.05, 4.69) is 24.8 Å². The van der Waals surface area contributed by atoms with Crippen LogP contribution in [0, 0.1) is 0 Å². The summed E-state index contributed by atoms with van der Waals surface area (Å²) in [6.45, 7) is 3.59. The molecule has 0 saturated carbocycles. The molecule has 1 fully saturated rings. The van der Waals surface area contributed by atoms with Gasteiger partial charge in [0.05, 0.1) is 41.1 Å². The highest BCUT2D eigenvalue weighted by atomic mass is 32.1. The number of anilines is 2. The first-order chi connectivity index (χ1) is 20.6. The van der Waals surface area contributed by atoms with Gasteiger partial charge in [0.2, 0.25) is 5.95 Å². The minimum atomic E-state index is -0.668. The van der Waals surface area contributed by atoms with Crippen molar-refractivity contribution in [3.05, 3.63) is 77.2 Å². The Morgan fingerprint density at radius 2 is 1.81 bits per heavy atom. The van der Waals surface area contributed by atoms with Crippen LogP contribution in [0.4, 0.5) is 11.8 Å². The van der Waals surface area contributed by atoms with E-state index < -0.39 is 5.91 Å². The van der Waals surface area contributed by atoms with E-state index in [0.29, 0.717) is 43.7 Å². The normalized spacial score (nSPS) is 13.2. The summed E-state index contributed by atoms with van der Waals surface area (Å²) in [7, 11) is 1.87. The highest BCUT2D eigenvalue weighted by Gasteiger charge is 2.21. The lowest BCUT2D eigenvalue weighted by Gasteiger charge is -2.28. The van der Waals surface area contributed by atoms with Crippen molar-refractivity contribution >= 4 is 39.2 Å². The molecule has 0 spiro atoms. The molecule has 1 aliphatic heterocycles.